The van der Waals surface area contributed by atoms with Crippen LogP contribution in [0.15, 0.2) is 40.2 Å². The molecule has 0 fully saturated rings. The number of hydrogen-bond acceptors (Lipinski definition) is 5. The lowest BCUT2D eigenvalue weighted by molar-refractivity contribution is -0.117. The van der Waals surface area contributed by atoms with Crippen molar-refractivity contribution >= 4 is 44.8 Å². The third-order valence-electron chi connectivity index (χ3n) is 3.05. The minimum Gasteiger partial charge on any atom is -0.465 e. The van der Waals surface area contributed by atoms with Crippen molar-refractivity contribution in [3.05, 3.63) is 50.6 Å². The van der Waals surface area contributed by atoms with E-state index in [1.54, 1.807) is 35.6 Å². The van der Waals surface area contributed by atoms with E-state index in [4.69, 9.17) is 0 Å². The van der Waals surface area contributed by atoms with Crippen LogP contribution in [0.1, 0.15) is 15.2 Å². The summed E-state index contributed by atoms with van der Waals surface area (Å²) in [6.45, 7) is 0.999. The first kappa shape index (κ1) is 17.7. The maximum atomic E-state index is 12.0. The molecule has 0 spiro atoms. The zero-order valence-corrected chi connectivity index (χ0v) is 15.2. The summed E-state index contributed by atoms with van der Waals surface area (Å²) in [5.41, 5.74) is 1.10. The maximum Gasteiger partial charge on any atom is 0.337 e. The van der Waals surface area contributed by atoms with E-state index < -0.39 is 5.97 Å². The Morgan fingerprint density at radius 2 is 2.00 bits per heavy atom. The molecule has 0 saturated carbocycles. The molecule has 0 aliphatic heterocycles. The van der Waals surface area contributed by atoms with E-state index in [-0.39, 0.29) is 12.5 Å². The van der Waals surface area contributed by atoms with Crippen LogP contribution in [0.2, 0.25) is 0 Å². The van der Waals surface area contributed by atoms with Gasteiger partial charge in [0.25, 0.3) is 0 Å². The van der Waals surface area contributed by atoms with Gasteiger partial charge in [-0.25, -0.2) is 4.79 Å². The summed E-state index contributed by atoms with van der Waals surface area (Å²) in [6.07, 6.45) is 0. The molecular weight excluding hydrogens is 380 g/mol. The van der Waals surface area contributed by atoms with Crippen LogP contribution in [0.3, 0.4) is 0 Å². The fourth-order valence-corrected chi connectivity index (χ4v) is 3.54. The molecule has 1 heterocycles. The van der Waals surface area contributed by atoms with E-state index in [1.807, 2.05) is 23.4 Å². The van der Waals surface area contributed by atoms with Gasteiger partial charge in [0.2, 0.25) is 5.91 Å². The first-order chi connectivity index (χ1) is 11.0. The van der Waals surface area contributed by atoms with E-state index >= 15 is 0 Å². The number of rotatable bonds is 6. The highest BCUT2D eigenvalue weighted by Crippen LogP contribution is 2.20. The van der Waals surface area contributed by atoms with Crippen LogP contribution in [-0.2, 0) is 16.1 Å². The lowest BCUT2D eigenvalue weighted by Gasteiger charge is -2.15. The Morgan fingerprint density at radius 3 is 2.57 bits per heavy atom. The molecule has 0 aliphatic carbocycles. The highest BCUT2D eigenvalue weighted by Gasteiger charge is 2.10. The number of nitrogens with one attached hydrogen (secondary N) is 1. The van der Waals surface area contributed by atoms with Crippen molar-refractivity contribution < 1.29 is 14.3 Å². The SMILES string of the molecule is COC(=O)c1ccc(NC(=O)CN(C)Cc2cc(Br)cs2)cc1. The van der Waals surface area contributed by atoms with Crippen LogP contribution in [0, 0.1) is 0 Å². The molecule has 122 valence electrons. The van der Waals surface area contributed by atoms with Gasteiger partial charge in [0.05, 0.1) is 19.2 Å². The third-order valence-corrected chi connectivity index (χ3v) is 4.73. The summed E-state index contributed by atoms with van der Waals surface area (Å²) in [4.78, 5) is 26.5. The molecule has 5 nitrogen and oxygen atoms in total. The number of ether oxygens (including phenoxy) is 1. The first-order valence-corrected chi connectivity index (χ1v) is 8.55. The smallest absolute Gasteiger partial charge is 0.337 e. The summed E-state index contributed by atoms with van der Waals surface area (Å²) in [5.74, 6) is -0.501. The Hall–Kier alpha value is -1.70. The van der Waals surface area contributed by atoms with Gasteiger partial charge in [0.15, 0.2) is 0 Å². The number of hydrogen-bond donors (Lipinski definition) is 1. The number of amides is 1. The Labute approximate surface area is 147 Å². The molecular formula is C16H17BrN2O3S. The Morgan fingerprint density at radius 1 is 1.30 bits per heavy atom. The largest absolute Gasteiger partial charge is 0.465 e. The number of carbonyl (C=O) groups is 2. The van der Waals surface area contributed by atoms with Crippen molar-refractivity contribution in [2.75, 3.05) is 26.0 Å². The fourth-order valence-electron chi connectivity index (χ4n) is 2.01. The second-order valence-electron chi connectivity index (χ2n) is 5.02. The number of halogens is 1. The standard InChI is InChI=1S/C16H17BrN2O3S/c1-19(8-14-7-12(17)10-23-14)9-15(20)18-13-5-3-11(4-6-13)16(21)22-2/h3-7,10H,8-9H2,1-2H3,(H,18,20). The van der Waals surface area contributed by atoms with Crippen molar-refractivity contribution in [2.45, 2.75) is 6.54 Å². The molecule has 1 amide bonds. The average Bonchev–Trinajstić information content (AvgIpc) is 2.91. The lowest BCUT2D eigenvalue weighted by atomic mass is 10.2. The molecule has 7 heteroatoms. The Balaban J connectivity index is 1.85. The molecule has 0 unspecified atom stereocenters. The molecule has 0 atom stereocenters. The van der Waals surface area contributed by atoms with E-state index in [0.29, 0.717) is 17.8 Å². The van der Waals surface area contributed by atoms with Gasteiger partial charge in [0.1, 0.15) is 0 Å². The van der Waals surface area contributed by atoms with Gasteiger partial charge in [0, 0.05) is 27.0 Å². The monoisotopic (exact) mass is 396 g/mol. The second-order valence-corrected chi connectivity index (χ2v) is 6.93. The number of anilines is 1. The van der Waals surface area contributed by atoms with Gasteiger partial charge < -0.3 is 10.1 Å². The zero-order valence-electron chi connectivity index (χ0n) is 12.8. The molecule has 0 aliphatic rings. The summed E-state index contributed by atoms with van der Waals surface area (Å²) in [6, 6.07) is 8.65. The third kappa shape index (κ3) is 5.46. The van der Waals surface area contributed by atoms with Gasteiger partial charge in [-0.05, 0) is 53.3 Å². The van der Waals surface area contributed by atoms with Crippen molar-refractivity contribution in [1.82, 2.24) is 4.90 Å². The molecule has 23 heavy (non-hydrogen) atoms. The minimum atomic E-state index is -0.398. The van der Waals surface area contributed by atoms with E-state index in [2.05, 4.69) is 26.0 Å². The first-order valence-electron chi connectivity index (χ1n) is 6.87. The molecule has 2 aromatic rings. The predicted molar refractivity (Wildman–Crippen MR) is 94.8 cm³/mol. The van der Waals surface area contributed by atoms with Crippen molar-refractivity contribution in [3.8, 4) is 0 Å². The predicted octanol–water partition coefficient (Wildman–Crippen LogP) is 3.37. The Bertz CT molecular complexity index is 685. The molecule has 1 N–H and O–H groups in total. The second kappa shape index (κ2) is 8.24. The number of esters is 1. The molecule has 0 saturated heterocycles. The number of nitrogens with zero attached hydrogens (tertiary/aromatic N) is 1. The highest BCUT2D eigenvalue weighted by molar-refractivity contribution is 9.10. The van der Waals surface area contributed by atoms with Crippen molar-refractivity contribution in [3.63, 3.8) is 0 Å². The number of thiophene rings is 1. The van der Waals surface area contributed by atoms with Gasteiger partial charge in [-0.1, -0.05) is 0 Å². The molecule has 0 radical (unpaired) electrons. The van der Waals surface area contributed by atoms with E-state index in [0.717, 1.165) is 4.47 Å². The van der Waals surface area contributed by atoms with E-state index in [9.17, 15) is 9.59 Å². The summed E-state index contributed by atoms with van der Waals surface area (Å²) < 4.78 is 5.69. The highest BCUT2D eigenvalue weighted by atomic mass is 79.9. The van der Waals surface area contributed by atoms with Crippen molar-refractivity contribution in [1.29, 1.82) is 0 Å². The molecule has 0 bridgehead atoms. The summed E-state index contributed by atoms with van der Waals surface area (Å²) in [5, 5.41) is 4.83. The summed E-state index contributed by atoms with van der Waals surface area (Å²) >= 11 is 5.07. The Kier molecular flexibility index (Phi) is 6.32. The number of carbonyl (C=O) groups excluding carboxylic acids is 2. The van der Waals surface area contributed by atoms with Gasteiger partial charge in [-0.3, -0.25) is 9.69 Å². The number of benzene rings is 1. The van der Waals surface area contributed by atoms with Crippen LogP contribution in [0.25, 0.3) is 0 Å². The molecule has 2 rings (SSSR count). The number of likely N-dealkylation sites (N-methyl/N-ethyl adjacent to an activating group) is 1. The fraction of sp³-hybridized carbons (Fsp3) is 0.250. The van der Waals surface area contributed by atoms with Crippen LogP contribution in [0.5, 0.6) is 0 Å². The molecule has 1 aromatic carbocycles. The van der Waals surface area contributed by atoms with Gasteiger partial charge in [-0.2, -0.15) is 0 Å². The van der Waals surface area contributed by atoms with Crippen LogP contribution in [0.4, 0.5) is 5.69 Å². The van der Waals surface area contributed by atoms with E-state index in [1.165, 1.54) is 12.0 Å². The van der Waals surface area contributed by atoms with Crippen LogP contribution >= 0.6 is 27.3 Å². The quantitative estimate of drug-likeness (QED) is 0.760. The lowest BCUT2D eigenvalue weighted by Crippen LogP contribution is -2.29. The summed E-state index contributed by atoms with van der Waals surface area (Å²) in [7, 11) is 3.23. The van der Waals surface area contributed by atoms with Gasteiger partial charge >= 0.3 is 5.97 Å². The van der Waals surface area contributed by atoms with Crippen LogP contribution in [-0.4, -0.2) is 37.5 Å². The van der Waals surface area contributed by atoms with Crippen LogP contribution < -0.4 is 5.32 Å². The zero-order chi connectivity index (χ0) is 16.8. The average molecular weight is 397 g/mol. The number of methoxy groups -OCH3 is 1. The van der Waals surface area contributed by atoms with Crippen molar-refractivity contribution in [2.24, 2.45) is 0 Å². The minimum absolute atomic E-state index is 0.103. The van der Waals surface area contributed by atoms with Gasteiger partial charge in [-0.15, -0.1) is 11.3 Å². The maximum absolute atomic E-state index is 12.0. The normalized spacial score (nSPS) is 10.6. The molecule has 1 aromatic heterocycles. The topological polar surface area (TPSA) is 58.6 Å².